The zero-order valence-corrected chi connectivity index (χ0v) is 19.4. The topological polar surface area (TPSA) is 171 Å². The number of aliphatic carboxylic acids is 2. The number of carboxylic acid groups (broad SMARTS) is 2. The van der Waals surface area contributed by atoms with Crippen molar-refractivity contribution < 1.29 is 38.9 Å². The van der Waals surface area contributed by atoms with E-state index >= 15 is 0 Å². The summed E-state index contributed by atoms with van der Waals surface area (Å²) in [6, 6.07) is 9.44. The minimum Gasteiger partial charge on any atom is -0.473 e. The van der Waals surface area contributed by atoms with Crippen molar-refractivity contribution in [2.45, 2.75) is 32.7 Å². The van der Waals surface area contributed by atoms with Crippen LogP contribution in [0.15, 0.2) is 30.3 Å². The van der Waals surface area contributed by atoms with Gasteiger partial charge in [0.25, 0.3) is 5.91 Å². The fraction of sp³-hybridized carbons (Fsp3) is 0.318. The van der Waals surface area contributed by atoms with E-state index in [1.165, 1.54) is 0 Å². The third-order valence-corrected chi connectivity index (χ3v) is 5.63. The van der Waals surface area contributed by atoms with Crippen LogP contribution in [-0.4, -0.2) is 59.1 Å². The summed E-state index contributed by atoms with van der Waals surface area (Å²) in [5.41, 5.74) is 1.37. The van der Waals surface area contributed by atoms with Gasteiger partial charge in [-0.3, -0.25) is 9.59 Å². The summed E-state index contributed by atoms with van der Waals surface area (Å²) in [6.07, 6.45) is 2.15. The van der Waals surface area contributed by atoms with Crippen LogP contribution in [0.2, 0.25) is 0 Å². The summed E-state index contributed by atoms with van der Waals surface area (Å²) in [4.78, 5) is 55.9. The Bertz CT molecular complexity index is 1050. The van der Waals surface area contributed by atoms with Crippen LogP contribution in [0.3, 0.4) is 0 Å². The molecule has 2 amide bonds. The number of esters is 1. The van der Waals surface area contributed by atoms with Gasteiger partial charge >= 0.3 is 17.9 Å². The van der Waals surface area contributed by atoms with Crippen LogP contribution >= 0.6 is 11.3 Å². The second kappa shape index (κ2) is 12.5. The third-order valence-electron chi connectivity index (χ3n) is 4.43. The Morgan fingerprint density at radius 3 is 2.18 bits per heavy atom. The minimum atomic E-state index is -1.82. The van der Waals surface area contributed by atoms with Gasteiger partial charge in [-0.2, -0.15) is 0 Å². The standard InChI is InChI=1S/C20H23N3O4S.C2H2O4/c1-3-27-20(26)16-12(2)17(18(25)22-14-7-5-4-6-8-14)28-19(16)23-15(24)11-21-13-9-10-13;3-1(4)2(5)6/h4-8,13,21H,3,9-11H2,1-2H3,(H,22,25)(H,23,24);(H,3,4)(H,5,6). The smallest absolute Gasteiger partial charge is 0.414 e. The molecule has 12 heteroatoms. The van der Waals surface area contributed by atoms with Crippen molar-refractivity contribution >= 4 is 51.7 Å². The van der Waals surface area contributed by atoms with Gasteiger partial charge in [0.15, 0.2) is 0 Å². The van der Waals surface area contributed by atoms with Crippen LogP contribution in [0.5, 0.6) is 0 Å². The first-order valence-corrected chi connectivity index (χ1v) is 11.1. The van der Waals surface area contributed by atoms with Crippen LogP contribution < -0.4 is 16.0 Å². The van der Waals surface area contributed by atoms with E-state index in [-0.39, 0.29) is 30.5 Å². The maximum absolute atomic E-state index is 12.7. The zero-order valence-electron chi connectivity index (χ0n) is 18.5. The Hall–Kier alpha value is -3.77. The lowest BCUT2D eigenvalue weighted by atomic mass is 10.1. The second-order valence-electron chi connectivity index (χ2n) is 7.11. The first-order chi connectivity index (χ1) is 16.1. The van der Waals surface area contributed by atoms with Crippen molar-refractivity contribution in [2.75, 3.05) is 23.8 Å². The summed E-state index contributed by atoms with van der Waals surface area (Å²) >= 11 is 1.07. The van der Waals surface area contributed by atoms with E-state index in [1.54, 1.807) is 26.0 Å². The van der Waals surface area contributed by atoms with Crippen LogP contribution in [0.25, 0.3) is 0 Å². The Morgan fingerprint density at radius 2 is 1.65 bits per heavy atom. The molecule has 5 N–H and O–H groups in total. The number of ether oxygens (including phenoxy) is 1. The molecule has 0 atom stereocenters. The van der Waals surface area contributed by atoms with Crippen molar-refractivity contribution in [3.8, 4) is 0 Å². The van der Waals surface area contributed by atoms with E-state index in [0.29, 0.717) is 27.2 Å². The van der Waals surface area contributed by atoms with E-state index in [2.05, 4.69) is 16.0 Å². The van der Waals surface area contributed by atoms with E-state index < -0.39 is 17.9 Å². The number of thiophene rings is 1. The minimum absolute atomic E-state index is 0.162. The van der Waals surface area contributed by atoms with Gasteiger partial charge in [-0.05, 0) is 44.4 Å². The molecule has 1 heterocycles. The van der Waals surface area contributed by atoms with Crippen molar-refractivity contribution in [3.63, 3.8) is 0 Å². The summed E-state index contributed by atoms with van der Waals surface area (Å²) in [5, 5.41) is 23.8. The molecule has 1 aromatic carbocycles. The number of amides is 2. The predicted molar refractivity (Wildman–Crippen MR) is 124 cm³/mol. The molecular formula is C22H25N3O8S. The number of para-hydroxylation sites is 1. The lowest BCUT2D eigenvalue weighted by molar-refractivity contribution is -0.159. The first kappa shape index (κ1) is 26.5. The van der Waals surface area contributed by atoms with Gasteiger partial charge < -0.3 is 30.9 Å². The van der Waals surface area contributed by atoms with Crippen molar-refractivity contribution in [2.24, 2.45) is 0 Å². The normalized spacial score (nSPS) is 12.1. The highest BCUT2D eigenvalue weighted by Crippen LogP contribution is 2.34. The number of hydrogen-bond acceptors (Lipinski definition) is 8. The first-order valence-electron chi connectivity index (χ1n) is 10.3. The highest BCUT2D eigenvalue weighted by molar-refractivity contribution is 7.19. The van der Waals surface area contributed by atoms with Gasteiger partial charge in [0, 0.05) is 11.7 Å². The van der Waals surface area contributed by atoms with Gasteiger partial charge in [-0.1, -0.05) is 18.2 Å². The quantitative estimate of drug-likeness (QED) is 0.274. The number of carbonyl (C=O) groups excluding carboxylic acids is 3. The van der Waals surface area contributed by atoms with E-state index in [1.807, 2.05) is 18.2 Å². The molecule has 0 radical (unpaired) electrons. The van der Waals surface area contributed by atoms with Gasteiger partial charge in [0.2, 0.25) is 5.91 Å². The Labute approximate surface area is 199 Å². The molecule has 1 fully saturated rings. The molecule has 3 rings (SSSR count). The number of carboxylic acids is 2. The van der Waals surface area contributed by atoms with Crippen molar-refractivity contribution in [1.29, 1.82) is 0 Å². The SMILES string of the molecule is CCOC(=O)c1c(NC(=O)CNC2CC2)sc(C(=O)Nc2ccccc2)c1C.O=C(O)C(=O)O. The largest absolute Gasteiger partial charge is 0.473 e. The molecule has 2 aromatic rings. The molecular weight excluding hydrogens is 466 g/mol. The number of anilines is 2. The average molecular weight is 492 g/mol. The molecule has 11 nitrogen and oxygen atoms in total. The highest BCUT2D eigenvalue weighted by Gasteiger charge is 2.27. The maximum atomic E-state index is 12.7. The van der Waals surface area contributed by atoms with Crippen molar-refractivity contribution in [3.05, 3.63) is 46.3 Å². The molecule has 0 bridgehead atoms. The molecule has 182 valence electrons. The molecule has 0 saturated heterocycles. The zero-order chi connectivity index (χ0) is 25.3. The third kappa shape index (κ3) is 7.98. The van der Waals surface area contributed by atoms with Gasteiger partial charge in [0.05, 0.1) is 23.6 Å². The van der Waals surface area contributed by atoms with Crippen LogP contribution in [0.1, 0.15) is 45.4 Å². The number of nitrogens with one attached hydrogen (secondary N) is 3. The fourth-order valence-electron chi connectivity index (χ4n) is 2.67. The monoisotopic (exact) mass is 491 g/mol. The Morgan fingerprint density at radius 1 is 1.03 bits per heavy atom. The summed E-state index contributed by atoms with van der Waals surface area (Å²) in [7, 11) is 0. The summed E-state index contributed by atoms with van der Waals surface area (Å²) in [5.74, 6) is -4.80. The number of benzene rings is 1. The molecule has 34 heavy (non-hydrogen) atoms. The predicted octanol–water partition coefficient (Wildman–Crippen LogP) is 2.33. The summed E-state index contributed by atoms with van der Waals surface area (Å²) in [6.45, 7) is 3.76. The number of carbonyl (C=O) groups is 5. The fourth-order valence-corrected chi connectivity index (χ4v) is 3.78. The van der Waals surface area contributed by atoms with Gasteiger partial charge in [-0.15, -0.1) is 11.3 Å². The molecule has 1 saturated carbocycles. The highest BCUT2D eigenvalue weighted by atomic mass is 32.1. The molecule has 0 unspecified atom stereocenters. The van der Waals surface area contributed by atoms with E-state index in [0.717, 1.165) is 24.2 Å². The Kier molecular flexibility index (Phi) is 9.71. The molecule has 1 aromatic heterocycles. The van der Waals surface area contributed by atoms with Gasteiger partial charge in [-0.25, -0.2) is 14.4 Å². The van der Waals surface area contributed by atoms with Crippen LogP contribution in [0.4, 0.5) is 10.7 Å². The van der Waals surface area contributed by atoms with E-state index in [9.17, 15) is 14.4 Å². The molecule has 1 aliphatic rings. The molecule has 1 aliphatic carbocycles. The maximum Gasteiger partial charge on any atom is 0.414 e. The van der Waals surface area contributed by atoms with Crippen LogP contribution in [-0.2, 0) is 19.1 Å². The summed E-state index contributed by atoms with van der Waals surface area (Å²) < 4.78 is 5.12. The molecule has 0 aliphatic heterocycles. The second-order valence-corrected chi connectivity index (χ2v) is 8.14. The lowest BCUT2D eigenvalue weighted by Gasteiger charge is -2.07. The van der Waals surface area contributed by atoms with Crippen LogP contribution in [0, 0.1) is 6.92 Å². The lowest BCUT2D eigenvalue weighted by Crippen LogP contribution is -2.29. The van der Waals surface area contributed by atoms with Crippen molar-refractivity contribution in [1.82, 2.24) is 5.32 Å². The molecule has 0 spiro atoms. The van der Waals surface area contributed by atoms with E-state index in [4.69, 9.17) is 24.5 Å². The van der Waals surface area contributed by atoms with Gasteiger partial charge in [0.1, 0.15) is 5.00 Å². The number of hydrogen-bond donors (Lipinski definition) is 5. The number of rotatable bonds is 8. The average Bonchev–Trinajstić information content (AvgIpc) is 3.56. The Balaban J connectivity index is 0.000000604.